The summed E-state index contributed by atoms with van der Waals surface area (Å²) in [5.41, 5.74) is 0. The van der Waals surface area contributed by atoms with Crippen LogP contribution >= 0.6 is 11.3 Å². The second-order valence-corrected chi connectivity index (χ2v) is 6.24. The van der Waals surface area contributed by atoms with Crippen molar-refractivity contribution in [3.8, 4) is 5.75 Å². The molecule has 2 rings (SSSR count). The van der Waals surface area contributed by atoms with E-state index in [0.29, 0.717) is 17.5 Å². The van der Waals surface area contributed by atoms with Gasteiger partial charge in [-0.2, -0.15) is 5.10 Å². The van der Waals surface area contributed by atoms with Gasteiger partial charge in [-0.15, -0.1) is 11.3 Å². The molecule has 0 fully saturated rings. The largest absolute Gasteiger partial charge is 0.484 e. The molecular weight excluding hydrogens is 290 g/mol. The lowest BCUT2D eigenvalue weighted by Crippen LogP contribution is -2.12. The Morgan fingerprint density at radius 3 is 2.90 bits per heavy atom. The molecule has 0 aromatic carbocycles. The van der Waals surface area contributed by atoms with Crippen LogP contribution in [0.3, 0.4) is 0 Å². The third-order valence-corrected chi connectivity index (χ3v) is 4.13. The minimum Gasteiger partial charge on any atom is -0.484 e. The summed E-state index contributed by atoms with van der Waals surface area (Å²) in [6, 6.07) is 1.79. The molecule has 0 aliphatic rings. The molecule has 2 heterocycles. The summed E-state index contributed by atoms with van der Waals surface area (Å²) in [4.78, 5) is 16.6. The van der Waals surface area contributed by atoms with E-state index in [1.54, 1.807) is 10.7 Å². The quantitative estimate of drug-likeness (QED) is 0.851. The van der Waals surface area contributed by atoms with E-state index in [4.69, 9.17) is 4.74 Å². The van der Waals surface area contributed by atoms with Crippen LogP contribution in [0.2, 0.25) is 0 Å². The van der Waals surface area contributed by atoms with E-state index >= 15 is 0 Å². The van der Waals surface area contributed by atoms with Crippen molar-refractivity contribution in [1.29, 1.82) is 0 Å². The van der Waals surface area contributed by atoms with Crippen molar-refractivity contribution in [3.63, 3.8) is 0 Å². The van der Waals surface area contributed by atoms with Gasteiger partial charge < -0.3 is 9.84 Å². The Bertz CT molecular complexity index is 619. The van der Waals surface area contributed by atoms with E-state index in [2.05, 4.69) is 23.9 Å². The number of aromatic carboxylic acids is 1. The smallest absolute Gasteiger partial charge is 0.349 e. The van der Waals surface area contributed by atoms with Crippen molar-refractivity contribution in [3.05, 3.63) is 28.0 Å². The molecule has 2 aromatic heterocycles. The number of aromatic nitrogens is 3. The zero-order valence-corrected chi connectivity index (χ0v) is 13.2. The molecule has 0 radical (unpaired) electrons. The lowest BCUT2D eigenvalue weighted by molar-refractivity contribution is 0.0697. The van der Waals surface area contributed by atoms with E-state index in [1.165, 1.54) is 17.7 Å². The average Bonchev–Trinajstić information content (AvgIpc) is 3.02. The number of nitrogens with zero attached hydrogens (tertiary/aromatic N) is 3. The molecule has 0 saturated heterocycles. The summed E-state index contributed by atoms with van der Waals surface area (Å²) in [6.07, 6.45) is 2.28. The monoisotopic (exact) mass is 309 g/mol. The number of ether oxygens (including phenoxy) is 1. The predicted octanol–water partition coefficient (Wildman–Crippen LogP) is 2.84. The number of carboxylic acids is 1. The average molecular weight is 309 g/mol. The first-order valence-electron chi connectivity index (χ1n) is 6.86. The lowest BCUT2D eigenvalue weighted by atomic mass is 10.2. The van der Waals surface area contributed by atoms with Gasteiger partial charge in [0.05, 0.1) is 0 Å². The zero-order valence-electron chi connectivity index (χ0n) is 12.4. The van der Waals surface area contributed by atoms with Crippen molar-refractivity contribution in [2.24, 2.45) is 5.92 Å². The number of carbonyl (C=O) groups is 1. The number of thiophene rings is 1. The summed E-state index contributed by atoms with van der Waals surface area (Å²) in [7, 11) is 0. The predicted molar refractivity (Wildman–Crippen MR) is 79.8 cm³/mol. The van der Waals surface area contributed by atoms with Gasteiger partial charge in [0.15, 0.2) is 10.7 Å². The third-order valence-electron chi connectivity index (χ3n) is 2.88. The molecule has 2 aromatic rings. The van der Waals surface area contributed by atoms with Crippen LogP contribution in [-0.2, 0) is 19.6 Å². The Morgan fingerprint density at radius 2 is 2.29 bits per heavy atom. The fourth-order valence-corrected chi connectivity index (χ4v) is 2.77. The van der Waals surface area contributed by atoms with Crippen LogP contribution < -0.4 is 4.74 Å². The number of hydrogen-bond donors (Lipinski definition) is 1. The van der Waals surface area contributed by atoms with E-state index < -0.39 is 5.97 Å². The molecular formula is C14H19N3O3S. The van der Waals surface area contributed by atoms with Crippen LogP contribution in [0.15, 0.2) is 12.4 Å². The topological polar surface area (TPSA) is 77.2 Å². The van der Waals surface area contributed by atoms with Crippen LogP contribution in [-0.4, -0.2) is 25.8 Å². The van der Waals surface area contributed by atoms with Crippen molar-refractivity contribution < 1.29 is 14.6 Å². The van der Waals surface area contributed by atoms with Crippen molar-refractivity contribution >= 4 is 17.3 Å². The maximum absolute atomic E-state index is 11.2. The van der Waals surface area contributed by atoms with Gasteiger partial charge in [-0.3, -0.25) is 0 Å². The second-order valence-electron chi connectivity index (χ2n) is 5.11. The summed E-state index contributed by atoms with van der Waals surface area (Å²) in [6.45, 7) is 7.16. The number of carboxylic acid groups (broad SMARTS) is 1. The van der Waals surface area contributed by atoms with Gasteiger partial charge in [0, 0.05) is 11.4 Å². The molecule has 0 spiro atoms. The number of hydrogen-bond acceptors (Lipinski definition) is 5. The van der Waals surface area contributed by atoms with E-state index in [9.17, 15) is 9.90 Å². The van der Waals surface area contributed by atoms with Gasteiger partial charge in [0.1, 0.15) is 18.7 Å². The van der Waals surface area contributed by atoms with Gasteiger partial charge >= 0.3 is 5.97 Å². The summed E-state index contributed by atoms with van der Waals surface area (Å²) >= 11 is 1.25. The first-order valence-corrected chi connectivity index (χ1v) is 7.68. The normalized spacial score (nSPS) is 11.0. The molecule has 0 bridgehead atoms. The van der Waals surface area contributed by atoms with Crippen molar-refractivity contribution in [2.75, 3.05) is 0 Å². The minimum absolute atomic E-state index is 0.215. The highest BCUT2D eigenvalue weighted by molar-refractivity contribution is 7.14. The Balaban J connectivity index is 2.11. The van der Waals surface area contributed by atoms with E-state index in [-0.39, 0.29) is 11.5 Å². The Morgan fingerprint density at radius 1 is 1.52 bits per heavy atom. The van der Waals surface area contributed by atoms with Gasteiger partial charge in [0.25, 0.3) is 0 Å². The standard InChI is InChI=1S/C14H19N3O3S/c1-4-10-5-11(13(21-10)14(18)19)20-7-12-15-8-16-17(12)6-9(2)3/h5,8-9H,4,6-7H2,1-3H3,(H,18,19). The summed E-state index contributed by atoms with van der Waals surface area (Å²) in [5, 5.41) is 13.4. The molecule has 21 heavy (non-hydrogen) atoms. The fourth-order valence-electron chi connectivity index (χ4n) is 1.89. The molecule has 0 atom stereocenters. The van der Waals surface area contributed by atoms with Crippen LogP contribution in [0, 0.1) is 5.92 Å². The highest BCUT2D eigenvalue weighted by Crippen LogP contribution is 2.30. The van der Waals surface area contributed by atoms with Gasteiger partial charge in [-0.1, -0.05) is 20.8 Å². The van der Waals surface area contributed by atoms with Gasteiger partial charge in [-0.25, -0.2) is 14.5 Å². The van der Waals surface area contributed by atoms with Gasteiger partial charge in [-0.05, 0) is 18.4 Å². The van der Waals surface area contributed by atoms with Crippen LogP contribution in [0.4, 0.5) is 0 Å². The Hall–Kier alpha value is -1.89. The zero-order chi connectivity index (χ0) is 15.4. The van der Waals surface area contributed by atoms with Crippen molar-refractivity contribution in [1.82, 2.24) is 14.8 Å². The van der Waals surface area contributed by atoms with Crippen molar-refractivity contribution in [2.45, 2.75) is 40.3 Å². The molecule has 0 aliphatic carbocycles. The fraction of sp³-hybridized carbons (Fsp3) is 0.500. The van der Waals surface area contributed by atoms with Crippen LogP contribution in [0.1, 0.15) is 41.1 Å². The molecule has 1 N–H and O–H groups in total. The SMILES string of the molecule is CCc1cc(OCc2ncnn2CC(C)C)c(C(=O)O)s1. The summed E-state index contributed by atoms with van der Waals surface area (Å²) in [5.74, 6) is 0.596. The molecule has 0 unspecified atom stereocenters. The molecule has 0 saturated carbocycles. The van der Waals surface area contributed by atoms with Gasteiger partial charge in [0.2, 0.25) is 0 Å². The molecule has 0 amide bonds. The Labute approximate surface area is 127 Å². The third kappa shape index (κ3) is 3.81. The molecule has 6 nitrogen and oxygen atoms in total. The first-order chi connectivity index (χ1) is 10.0. The highest BCUT2D eigenvalue weighted by Gasteiger charge is 2.17. The number of aryl methyl sites for hydroxylation is 1. The Kier molecular flexibility index (Phi) is 4.95. The van der Waals surface area contributed by atoms with E-state index in [0.717, 1.165) is 17.8 Å². The van der Waals surface area contributed by atoms with Crippen LogP contribution in [0.5, 0.6) is 5.75 Å². The first kappa shape index (κ1) is 15.5. The molecule has 7 heteroatoms. The molecule has 0 aliphatic heterocycles. The lowest BCUT2D eigenvalue weighted by Gasteiger charge is -2.09. The summed E-state index contributed by atoms with van der Waals surface area (Å²) < 4.78 is 7.44. The maximum Gasteiger partial charge on any atom is 0.349 e. The molecule has 114 valence electrons. The number of rotatable bonds is 7. The highest BCUT2D eigenvalue weighted by atomic mass is 32.1. The van der Waals surface area contributed by atoms with Crippen LogP contribution in [0.25, 0.3) is 0 Å². The second kappa shape index (κ2) is 6.71. The van der Waals surface area contributed by atoms with E-state index in [1.807, 2.05) is 6.92 Å². The minimum atomic E-state index is -0.960. The maximum atomic E-state index is 11.2.